The first kappa shape index (κ1) is 21.5. The predicted octanol–water partition coefficient (Wildman–Crippen LogP) is 2.84. The number of benzene rings is 3. The number of aromatic nitrogens is 1. The molecule has 1 atom stereocenters. The number of fused-ring (bicyclic) bond motifs is 2. The lowest BCUT2D eigenvalue weighted by molar-refractivity contribution is -0.119. The zero-order valence-corrected chi connectivity index (χ0v) is 17.9. The van der Waals surface area contributed by atoms with Crippen LogP contribution in [0.15, 0.2) is 83.8 Å². The van der Waals surface area contributed by atoms with E-state index in [1.807, 2.05) is 12.1 Å². The van der Waals surface area contributed by atoms with Crippen molar-refractivity contribution >= 4 is 43.5 Å². The van der Waals surface area contributed by atoms with E-state index in [1.165, 1.54) is 12.1 Å². The maximum atomic E-state index is 13.3. The number of carbonyl (C=O) groups is 2. The molecule has 3 N–H and O–H groups in total. The van der Waals surface area contributed by atoms with E-state index in [0.29, 0.717) is 27.4 Å². The monoisotopic (exact) mass is 447 g/mol. The van der Waals surface area contributed by atoms with Crippen molar-refractivity contribution in [2.24, 2.45) is 5.73 Å². The highest BCUT2D eigenvalue weighted by Gasteiger charge is 2.25. The molecule has 0 aliphatic rings. The van der Waals surface area contributed by atoms with Gasteiger partial charge in [0.15, 0.2) is 9.84 Å². The fraction of sp³-hybridized carbons (Fsp3) is 0.125. The van der Waals surface area contributed by atoms with E-state index in [4.69, 9.17) is 5.73 Å². The highest BCUT2D eigenvalue weighted by Crippen LogP contribution is 2.26. The van der Waals surface area contributed by atoms with E-state index < -0.39 is 27.7 Å². The summed E-state index contributed by atoms with van der Waals surface area (Å²) in [7, 11) is -3.63. The average Bonchev–Trinajstić information content (AvgIpc) is 2.80. The molecule has 4 aromatic rings. The number of carbonyl (C=O) groups excluding carboxylic acids is 2. The molecule has 0 aliphatic carbocycles. The Bertz CT molecular complexity index is 1370. The number of nitrogens with one attached hydrogen (secondary N) is 1. The predicted molar refractivity (Wildman–Crippen MR) is 123 cm³/mol. The third-order valence-electron chi connectivity index (χ3n) is 5.24. The van der Waals surface area contributed by atoms with Crippen molar-refractivity contribution < 1.29 is 18.0 Å². The van der Waals surface area contributed by atoms with Gasteiger partial charge in [0.2, 0.25) is 5.91 Å². The Morgan fingerprint density at radius 2 is 1.38 bits per heavy atom. The van der Waals surface area contributed by atoms with Gasteiger partial charge < -0.3 is 11.1 Å². The van der Waals surface area contributed by atoms with Crippen LogP contribution in [-0.4, -0.2) is 37.0 Å². The number of pyridine rings is 1. The van der Waals surface area contributed by atoms with Crippen molar-refractivity contribution in [1.29, 1.82) is 0 Å². The summed E-state index contributed by atoms with van der Waals surface area (Å²) in [6.45, 7) is 0. The number of nitrogens with two attached hydrogens (primary N) is 1. The second kappa shape index (κ2) is 8.76. The van der Waals surface area contributed by atoms with Crippen molar-refractivity contribution in [2.45, 2.75) is 17.4 Å². The number of hydrogen-bond donors (Lipinski definition) is 2. The van der Waals surface area contributed by atoms with E-state index in [2.05, 4.69) is 10.3 Å². The van der Waals surface area contributed by atoms with E-state index in [9.17, 15) is 18.0 Å². The summed E-state index contributed by atoms with van der Waals surface area (Å²) >= 11 is 0. The van der Waals surface area contributed by atoms with E-state index in [-0.39, 0.29) is 17.1 Å². The Balaban J connectivity index is 1.64. The Labute approximate surface area is 185 Å². The molecule has 0 fully saturated rings. The van der Waals surface area contributed by atoms with Crippen LogP contribution in [0.5, 0.6) is 0 Å². The van der Waals surface area contributed by atoms with Crippen molar-refractivity contribution in [3.05, 3.63) is 84.4 Å². The largest absolute Gasteiger partial charge is 0.368 e. The molecule has 162 valence electrons. The zero-order valence-electron chi connectivity index (χ0n) is 17.1. The highest BCUT2D eigenvalue weighted by molar-refractivity contribution is 7.91. The molecule has 0 unspecified atom stereocenters. The summed E-state index contributed by atoms with van der Waals surface area (Å²) in [5, 5.41) is 3.89. The fourth-order valence-electron chi connectivity index (χ4n) is 3.62. The van der Waals surface area contributed by atoms with Crippen LogP contribution < -0.4 is 11.1 Å². The minimum absolute atomic E-state index is 0.140. The number of sulfone groups is 1. The van der Waals surface area contributed by atoms with E-state index >= 15 is 0 Å². The fourth-order valence-corrected chi connectivity index (χ4v) is 4.97. The molecule has 32 heavy (non-hydrogen) atoms. The van der Waals surface area contributed by atoms with Gasteiger partial charge in [0.1, 0.15) is 6.04 Å². The molecule has 0 radical (unpaired) electrons. The van der Waals surface area contributed by atoms with Crippen LogP contribution in [0.25, 0.3) is 21.8 Å². The third-order valence-corrected chi connectivity index (χ3v) is 7.00. The Kier molecular flexibility index (Phi) is 5.87. The molecular weight excluding hydrogens is 426 g/mol. The van der Waals surface area contributed by atoms with Crippen molar-refractivity contribution in [1.82, 2.24) is 10.3 Å². The number of primary amides is 1. The molecule has 0 spiro atoms. The number of amides is 2. The van der Waals surface area contributed by atoms with Crippen LogP contribution in [0.3, 0.4) is 0 Å². The molecule has 3 aromatic carbocycles. The molecule has 0 aliphatic heterocycles. The second-order valence-electron chi connectivity index (χ2n) is 7.37. The van der Waals surface area contributed by atoms with Gasteiger partial charge in [-0.2, -0.15) is 0 Å². The minimum atomic E-state index is -3.63. The summed E-state index contributed by atoms with van der Waals surface area (Å²) in [4.78, 5) is 30.1. The van der Waals surface area contributed by atoms with Crippen LogP contribution in [0.1, 0.15) is 16.8 Å². The molecule has 1 aromatic heterocycles. The number of nitrogens with zero attached hydrogens (tertiary/aromatic N) is 1. The smallest absolute Gasteiger partial charge is 0.253 e. The van der Waals surface area contributed by atoms with E-state index in [0.717, 1.165) is 0 Å². The highest BCUT2D eigenvalue weighted by atomic mass is 32.2. The summed E-state index contributed by atoms with van der Waals surface area (Å²) in [5.41, 5.74) is 7.14. The van der Waals surface area contributed by atoms with Gasteiger partial charge in [0, 0.05) is 10.8 Å². The Morgan fingerprint density at radius 1 is 0.844 bits per heavy atom. The quantitative estimate of drug-likeness (QED) is 0.422. The van der Waals surface area contributed by atoms with Crippen molar-refractivity contribution in [3.63, 3.8) is 0 Å². The van der Waals surface area contributed by atoms with Gasteiger partial charge in [-0.05, 0) is 30.7 Å². The van der Waals surface area contributed by atoms with Gasteiger partial charge in [0.05, 0.1) is 27.2 Å². The molecule has 0 bridgehead atoms. The van der Waals surface area contributed by atoms with Crippen molar-refractivity contribution in [3.8, 4) is 0 Å². The normalized spacial score (nSPS) is 12.5. The van der Waals surface area contributed by atoms with Crippen LogP contribution in [0.4, 0.5) is 0 Å². The lowest BCUT2D eigenvalue weighted by Gasteiger charge is -2.17. The van der Waals surface area contributed by atoms with Gasteiger partial charge in [0.25, 0.3) is 5.91 Å². The summed E-state index contributed by atoms with van der Waals surface area (Å²) in [5.74, 6) is -1.65. The number of rotatable bonds is 7. The zero-order chi connectivity index (χ0) is 22.7. The first-order valence-corrected chi connectivity index (χ1v) is 11.7. The third kappa shape index (κ3) is 4.31. The van der Waals surface area contributed by atoms with Gasteiger partial charge >= 0.3 is 0 Å². The maximum absolute atomic E-state index is 13.3. The number of hydrogen-bond acceptors (Lipinski definition) is 5. The number of para-hydroxylation sites is 2. The Hall–Kier alpha value is -3.78. The van der Waals surface area contributed by atoms with Gasteiger partial charge in [-0.25, -0.2) is 13.4 Å². The molecule has 7 nitrogen and oxygen atoms in total. The lowest BCUT2D eigenvalue weighted by Crippen LogP contribution is -2.45. The van der Waals surface area contributed by atoms with Gasteiger partial charge in [-0.1, -0.05) is 54.6 Å². The molecule has 0 saturated carbocycles. The van der Waals surface area contributed by atoms with Crippen LogP contribution >= 0.6 is 0 Å². The molecule has 1 heterocycles. The topological polar surface area (TPSA) is 119 Å². The maximum Gasteiger partial charge on any atom is 0.253 e. The molecular formula is C24H21N3O4S. The SMILES string of the molecule is NC(=O)[C@@H](CCS(=O)(=O)c1ccccc1)NC(=O)c1c2ccccc2nc2ccccc12. The second-order valence-corrected chi connectivity index (χ2v) is 9.48. The molecule has 8 heteroatoms. The Morgan fingerprint density at radius 3 is 1.94 bits per heavy atom. The standard InChI is InChI=1S/C24H21N3O4S/c25-23(28)21(14-15-32(30,31)16-8-2-1-3-9-16)27-24(29)22-17-10-4-6-12-19(17)26-20-13-7-5-11-18(20)22/h1-13,21H,14-15H2,(H2,25,28)(H,27,29)/t21-/m1/s1. The molecule has 0 saturated heterocycles. The molecule has 4 rings (SSSR count). The average molecular weight is 448 g/mol. The van der Waals surface area contributed by atoms with E-state index in [1.54, 1.807) is 54.6 Å². The summed E-state index contributed by atoms with van der Waals surface area (Å²) < 4.78 is 25.2. The van der Waals surface area contributed by atoms with Crippen LogP contribution in [0, 0.1) is 0 Å². The molecule has 2 amide bonds. The first-order valence-electron chi connectivity index (χ1n) is 10.0. The summed E-state index contributed by atoms with van der Waals surface area (Å²) in [6.07, 6.45) is -0.140. The van der Waals surface area contributed by atoms with Crippen LogP contribution in [-0.2, 0) is 14.6 Å². The first-order chi connectivity index (χ1) is 15.4. The van der Waals surface area contributed by atoms with Gasteiger partial charge in [-0.3, -0.25) is 9.59 Å². The lowest BCUT2D eigenvalue weighted by atomic mass is 10.0. The van der Waals surface area contributed by atoms with Gasteiger partial charge in [-0.15, -0.1) is 0 Å². The summed E-state index contributed by atoms with van der Waals surface area (Å²) in [6, 6.07) is 21.2. The minimum Gasteiger partial charge on any atom is -0.368 e. The van der Waals surface area contributed by atoms with Crippen molar-refractivity contribution in [2.75, 3.05) is 5.75 Å². The van der Waals surface area contributed by atoms with Crippen LogP contribution in [0.2, 0.25) is 0 Å².